The molecule has 0 bridgehead atoms. The van der Waals surface area contributed by atoms with Gasteiger partial charge in [-0.2, -0.15) is 0 Å². The quantitative estimate of drug-likeness (QED) is 0.650. The molecule has 0 heterocycles. The van der Waals surface area contributed by atoms with Crippen LogP contribution in [0.4, 0.5) is 4.79 Å². The molecular formula is C13H18N2O5. The van der Waals surface area contributed by atoms with Gasteiger partial charge in [0.15, 0.2) is 0 Å². The Kier molecular flexibility index (Phi) is 6.48. The van der Waals surface area contributed by atoms with Crippen molar-refractivity contribution in [2.75, 3.05) is 19.7 Å². The van der Waals surface area contributed by atoms with Gasteiger partial charge in [-0.3, -0.25) is 9.69 Å². The Labute approximate surface area is 116 Å². The first-order chi connectivity index (χ1) is 9.52. The zero-order valence-electron chi connectivity index (χ0n) is 10.9. The molecule has 0 aliphatic heterocycles. The van der Waals surface area contributed by atoms with Gasteiger partial charge >= 0.3 is 12.1 Å². The van der Waals surface area contributed by atoms with Crippen LogP contribution in [0.3, 0.4) is 0 Å². The van der Waals surface area contributed by atoms with Crippen LogP contribution >= 0.6 is 0 Å². The standard InChI is InChI=1S/C13H18N2O5/c14-11(8-16)6-15(7-12(17)18)13(19)20-9-10-4-2-1-3-5-10/h1-5,11,16H,6-9,14H2,(H,17,18). The van der Waals surface area contributed by atoms with E-state index in [1.54, 1.807) is 24.3 Å². The van der Waals surface area contributed by atoms with Gasteiger partial charge in [0.1, 0.15) is 13.2 Å². The molecule has 7 heteroatoms. The van der Waals surface area contributed by atoms with E-state index >= 15 is 0 Å². The number of amides is 1. The van der Waals surface area contributed by atoms with E-state index in [4.69, 9.17) is 20.7 Å². The van der Waals surface area contributed by atoms with Gasteiger partial charge in [-0.25, -0.2) is 4.79 Å². The number of aliphatic hydroxyl groups is 1. The lowest BCUT2D eigenvalue weighted by Gasteiger charge is -2.22. The zero-order chi connectivity index (χ0) is 15.0. The fourth-order valence-electron chi connectivity index (χ4n) is 1.52. The van der Waals surface area contributed by atoms with Gasteiger partial charge in [0.25, 0.3) is 0 Å². The smallest absolute Gasteiger partial charge is 0.410 e. The van der Waals surface area contributed by atoms with Gasteiger partial charge in [0.05, 0.1) is 6.61 Å². The Bertz CT molecular complexity index is 438. The first kappa shape index (κ1) is 15.9. The summed E-state index contributed by atoms with van der Waals surface area (Å²) >= 11 is 0. The second-order valence-electron chi connectivity index (χ2n) is 4.26. The van der Waals surface area contributed by atoms with Crippen LogP contribution in [0, 0.1) is 0 Å². The minimum atomic E-state index is -1.17. The highest BCUT2D eigenvalue weighted by Gasteiger charge is 2.20. The molecule has 0 radical (unpaired) electrons. The molecule has 0 aromatic heterocycles. The minimum Gasteiger partial charge on any atom is -0.480 e. The van der Waals surface area contributed by atoms with Crippen molar-refractivity contribution < 1.29 is 24.5 Å². The molecule has 0 fully saturated rings. The predicted molar refractivity (Wildman–Crippen MR) is 70.9 cm³/mol. The molecule has 20 heavy (non-hydrogen) atoms. The number of aliphatic carboxylic acids is 1. The molecule has 0 aliphatic rings. The number of hydrogen-bond acceptors (Lipinski definition) is 5. The number of ether oxygens (including phenoxy) is 1. The molecule has 1 rings (SSSR count). The number of carbonyl (C=O) groups is 2. The first-order valence-corrected chi connectivity index (χ1v) is 6.06. The highest BCUT2D eigenvalue weighted by atomic mass is 16.6. The van der Waals surface area contributed by atoms with Crippen molar-refractivity contribution in [3.63, 3.8) is 0 Å². The molecular weight excluding hydrogens is 264 g/mol. The molecule has 1 unspecified atom stereocenters. The zero-order valence-corrected chi connectivity index (χ0v) is 10.9. The van der Waals surface area contributed by atoms with Crippen LogP contribution < -0.4 is 5.73 Å². The highest BCUT2D eigenvalue weighted by molar-refractivity contribution is 5.76. The Morgan fingerprint density at radius 2 is 1.95 bits per heavy atom. The lowest BCUT2D eigenvalue weighted by molar-refractivity contribution is -0.138. The number of aliphatic hydroxyl groups excluding tert-OH is 1. The van der Waals surface area contributed by atoms with E-state index in [0.717, 1.165) is 10.5 Å². The molecule has 7 nitrogen and oxygen atoms in total. The van der Waals surface area contributed by atoms with Crippen LogP contribution in [0.1, 0.15) is 5.56 Å². The monoisotopic (exact) mass is 282 g/mol. The third kappa shape index (κ3) is 5.68. The summed E-state index contributed by atoms with van der Waals surface area (Å²) in [6, 6.07) is 8.31. The number of carbonyl (C=O) groups excluding carboxylic acids is 1. The van der Waals surface area contributed by atoms with Crippen LogP contribution in [0.25, 0.3) is 0 Å². The van der Waals surface area contributed by atoms with Crippen LogP contribution in [0.5, 0.6) is 0 Å². The van der Waals surface area contributed by atoms with Gasteiger partial charge in [0, 0.05) is 12.6 Å². The van der Waals surface area contributed by atoms with E-state index in [-0.39, 0.29) is 19.8 Å². The summed E-state index contributed by atoms with van der Waals surface area (Å²) in [4.78, 5) is 23.5. The molecule has 0 saturated heterocycles. The summed E-state index contributed by atoms with van der Waals surface area (Å²) in [5.41, 5.74) is 6.30. The summed E-state index contributed by atoms with van der Waals surface area (Å²) in [7, 11) is 0. The maximum Gasteiger partial charge on any atom is 0.410 e. The average Bonchev–Trinajstić information content (AvgIpc) is 2.44. The third-order valence-corrected chi connectivity index (χ3v) is 2.48. The van der Waals surface area contributed by atoms with Crippen molar-refractivity contribution >= 4 is 12.1 Å². The van der Waals surface area contributed by atoms with E-state index in [1.807, 2.05) is 6.07 Å². The molecule has 1 aromatic carbocycles. The van der Waals surface area contributed by atoms with Gasteiger partial charge in [0.2, 0.25) is 0 Å². The largest absolute Gasteiger partial charge is 0.480 e. The Balaban J connectivity index is 2.56. The van der Waals surface area contributed by atoms with Crippen molar-refractivity contribution in [2.24, 2.45) is 5.73 Å². The summed E-state index contributed by atoms with van der Waals surface area (Å²) in [5, 5.41) is 17.6. The first-order valence-electron chi connectivity index (χ1n) is 6.06. The van der Waals surface area contributed by atoms with Crippen LogP contribution in [0.2, 0.25) is 0 Å². The van der Waals surface area contributed by atoms with E-state index in [0.29, 0.717) is 0 Å². The summed E-state index contributed by atoms with van der Waals surface area (Å²) < 4.78 is 5.02. The van der Waals surface area contributed by atoms with Crippen molar-refractivity contribution in [2.45, 2.75) is 12.6 Å². The van der Waals surface area contributed by atoms with Crippen molar-refractivity contribution in [1.29, 1.82) is 0 Å². The topological polar surface area (TPSA) is 113 Å². The third-order valence-electron chi connectivity index (χ3n) is 2.48. The second-order valence-corrected chi connectivity index (χ2v) is 4.26. The summed E-state index contributed by atoms with van der Waals surface area (Å²) in [6.07, 6.45) is -0.778. The molecule has 1 amide bonds. The highest BCUT2D eigenvalue weighted by Crippen LogP contribution is 2.04. The molecule has 110 valence electrons. The molecule has 1 atom stereocenters. The van der Waals surface area contributed by atoms with E-state index in [1.165, 1.54) is 0 Å². The van der Waals surface area contributed by atoms with E-state index in [9.17, 15) is 9.59 Å². The van der Waals surface area contributed by atoms with Gasteiger partial charge < -0.3 is 20.7 Å². The molecule has 4 N–H and O–H groups in total. The Hall–Kier alpha value is -2.12. The number of nitrogens with zero attached hydrogens (tertiary/aromatic N) is 1. The maximum absolute atomic E-state index is 11.8. The lowest BCUT2D eigenvalue weighted by atomic mass is 10.2. The number of hydrogen-bond donors (Lipinski definition) is 3. The number of carboxylic acid groups (broad SMARTS) is 1. The van der Waals surface area contributed by atoms with E-state index in [2.05, 4.69) is 0 Å². The molecule has 0 aliphatic carbocycles. The average molecular weight is 282 g/mol. The van der Waals surface area contributed by atoms with Gasteiger partial charge in [-0.05, 0) is 5.56 Å². The Morgan fingerprint density at radius 1 is 1.30 bits per heavy atom. The van der Waals surface area contributed by atoms with Gasteiger partial charge in [-0.1, -0.05) is 30.3 Å². The van der Waals surface area contributed by atoms with Crippen molar-refractivity contribution in [1.82, 2.24) is 4.90 Å². The molecule has 0 spiro atoms. The number of nitrogens with two attached hydrogens (primary N) is 1. The van der Waals surface area contributed by atoms with Crippen LogP contribution in [0.15, 0.2) is 30.3 Å². The number of benzene rings is 1. The molecule has 0 saturated carbocycles. The van der Waals surface area contributed by atoms with E-state index < -0.39 is 24.6 Å². The summed E-state index contributed by atoms with van der Waals surface area (Å²) in [5.74, 6) is -1.17. The fraction of sp³-hybridized carbons (Fsp3) is 0.385. The van der Waals surface area contributed by atoms with Crippen molar-refractivity contribution in [3.05, 3.63) is 35.9 Å². The minimum absolute atomic E-state index is 0.0458. The number of rotatable bonds is 7. The van der Waals surface area contributed by atoms with Gasteiger partial charge in [-0.15, -0.1) is 0 Å². The maximum atomic E-state index is 11.8. The lowest BCUT2D eigenvalue weighted by Crippen LogP contribution is -2.45. The number of carboxylic acids is 1. The summed E-state index contributed by atoms with van der Waals surface area (Å²) in [6.45, 7) is -0.913. The second kappa shape index (κ2) is 8.13. The van der Waals surface area contributed by atoms with Crippen molar-refractivity contribution in [3.8, 4) is 0 Å². The van der Waals surface area contributed by atoms with Crippen LogP contribution in [-0.2, 0) is 16.1 Å². The SMILES string of the molecule is NC(CO)CN(CC(=O)O)C(=O)OCc1ccccc1. The Morgan fingerprint density at radius 3 is 2.50 bits per heavy atom. The molecule has 1 aromatic rings. The fourth-order valence-corrected chi connectivity index (χ4v) is 1.52. The van der Waals surface area contributed by atoms with Crippen LogP contribution in [-0.4, -0.2) is 52.9 Å². The predicted octanol–water partition coefficient (Wildman–Crippen LogP) is 0.0294. The normalized spacial score (nSPS) is 11.7.